The SMILES string of the molecule is CCCCCCCCC(CCCCCCCCC[N+](C)(C)C)c1ccccc1. The summed E-state index contributed by atoms with van der Waals surface area (Å²) in [6, 6.07) is 11.3. The molecule has 0 N–H and O–H groups in total. The summed E-state index contributed by atoms with van der Waals surface area (Å²) >= 11 is 0. The van der Waals surface area contributed by atoms with Gasteiger partial charge in [0.1, 0.15) is 0 Å². The van der Waals surface area contributed by atoms with Crippen molar-refractivity contribution in [3.63, 3.8) is 0 Å². The van der Waals surface area contributed by atoms with E-state index in [0.717, 1.165) is 10.4 Å². The standard InChI is InChI=1S/C27H50N/c1-5-6-7-8-12-16-21-26(27-23-18-15-19-24-27)22-17-13-10-9-11-14-20-25-28(2,3)4/h15,18-19,23-24,26H,5-14,16-17,20-22,25H2,1-4H3/q+1. The summed E-state index contributed by atoms with van der Waals surface area (Å²) in [4.78, 5) is 0. The Balaban J connectivity index is 2.16. The molecule has 1 unspecified atom stereocenters. The normalized spacial score (nSPS) is 13.0. The van der Waals surface area contributed by atoms with Gasteiger partial charge >= 0.3 is 0 Å². The first kappa shape index (κ1) is 25.2. The van der Waals surface area contributed by atoms with Crippen molar-refractivity contribution in [1.82, 2.24) is 0 Å². The summed E-state index contributed by atoms with van der Waals surface area (Å²) in [7, 11) is 6.90. The molecular weight excluding hydrogens is 338 g/mol. The Morgan fingerprint density at radius 3 is 1.57 bits per heavy atom. The maximum atomic E-state index is 2.36. The quantitative estimate of drug-likeness (QED) is 0.175. The Labute approximate surface area is 177 Å². The van der Waals surface area contributed by atoms with Crippen LogP contribution < -0.4 is 0 Å². The Bertz CT molecular complexity index is 445. The Morgan fingerprint density at radius 2 is 1.07 bits per heavy atom. The van der Waals surface area contributed by atoms with Gasteiger partial charge in [0, 0.05) is 0 Å². The lowest BCUT2D eigenvalue weighted by Crippen LogP contribution is -2.35. The minimum absolute atomic E-state index is 0.789. The van der Waals surface area contributed by atoms with Crippen LogP contribution >= 0.6 is 0 Å². The molecule has 0 heterocycles. The highest BCUT2D eigenvalue weighted by Crippen LogP contribution is 2.28. The molecule has 1 aromatic carbocycles. The molecule has 0 aromatic heterocycles. The van der Waals surface area contributed by atoms with Crippen LogP contribution in [0.4, 0.5) is 0 Å². The van der Waals surface area contributed by atoms with E-state index in [0.29, 0.717) is 0 Å². The molecule has 0 saturated heterocycles. The maximum Gasteiger partial charge on any atom is 0.0780 e. The van der Waals surface area contributed by atoms with Crippen molar-refractivity contribution < 1.29 is 4.48 Å². The predicted octanol–water partition coefficient (Wildman–Crippen LogP) is 8.35. The summed E-state index contributed by atoms with van der Waals surface area (Å²) in [5.41, 5.74) is 1.58. The summed E-state index contributed by atoms with van der Waals surface area (Å²) < 4.78 is 1.11. The molecule has 0 fully saturated rings. The molecular formula is C27H50N+. The molecule has 0 amide bonds. The van der Waals surface area contributed by atoms with E-state index in [4.69, 9.17) is 0 Å². The zero-order chi connectivity index (χ0) is 20.5. The van der Waals surface area contributed by atoms with E-state index < -0.39 is 0 Å². The van der Waals surface area contributed by atoms with Crippen LogP contribution in [0, 0.1) is 0 Å². The van der Waals surface area contributed by atoms with Crippen LogP contribution in [0.2, 0.25) is 0 Å². The van der Waals surface area contributed by atoms with Gasteiger partial charge in [-0.3, -0.25) is 0 Å². The van der Waals surface area contributed by atoms with Crippen molar-refractivity contribution in [1.29, 1.82) is 0 Å². The van der Waals surface area contributed by atoms with Gasteiger partial charge in [-0.2, -0.15) is 0 Å². The Kier molecular flexibility index (Phi) is 14.4. The van der Waals surface area contributed by atoms with E-state index in [1.807, 2.05) is 0 Å². The largest absolute Gasteiger partial charge is 0.331 e. The average molecular weight is 389 g/mol. The molecule has 0 radical (unpaired) electrons. The summed E-state index contributed by atoms with van der Waals surface area (Å²) in [6.45, 7) is 3.62. The molecule has 0 bridgehead atoms. The van der Waals surface area contributed by atoms with E-state index in [1.54, 1.807) is 5.56 Å². The molecule has 0 spiro atoms. The molecule has 1 nitrogen and oxygen atoms in total. The van der Waals surface area contributed by atoms with Gasteiger partial charge in [0.2, 0.25) is 0 Å². The first-order chi connectivity index (χ1) is 13.5. The van der Waals surface area contributed by atoms with Gasteiger partial charge in [-0.15, -0.1) is 0 Å². The monoisotopic (exact) mass is 388 g/mol. The van der Waals surface area contributed by atoms with E-state index >= 15 is 0 Å². The highest BCUT2D eigenvalue weighted by molar-refractivity contribution is 5.19. The van der Waals surface area contributed by atoms with Crippen molar-refractivity contribution in [3.8, 4) is 0 Å². The second-order valence-corrected chi connectivity index (χ2v) is 9.94. The van der Waals surface area contributed by atoms with Gasteiger partial charge in [0.05, 0.1) is 27.7 Å². The average Bonchev–Trinajstić information content (AvgIpc) is 2.67. The number of hydrogen-bond donors (Lipinski definition) is 0. The van der Waals surface area contributed by atoms with Gasteiger partial charge in [-0.1, -0.05) is 108 Å². The van der Waals surface area contributed by atoms with Crippen molar-refractivity contribution in [3.05, 3.63) is 35.9 Å². The number of benzene rings is 1. The molecule has 28 heavy (non-hydrogen) atoms. The van der Waals surface area contributed by atoms with Gasteiger partial charge in [-0.05, 0) is 37.2 Å². The molecule has 1 rings (SSSR count). The number of quaternary nitrogens is 1. The third kappa shape index (κ3) is 14.2. The smallest absolute Gasteiger partial charge is 0.0780 e. The van der Waals surface area contributed by atoms with Gasteiger partial charge in [0.25, 0.3) is 0 Å². The van der Waals surface area contributed by atoms with Crippen LogP contribution in [-0.4, -0.2) is 32.2 Å². The van der Waals surface area contributed by atoms with Crippen molar-refractivity contribution >= 4 is 0 Å². The van der Waals surface area contributed by atoms with Gasteiger partial charge in [0.15, 0.2) is 0 Å². The molecule has 1 atom stereocenters. The van der Waals surface area contributed by atoms with Crippen LogP contribution in [-0.2, 0) is 0 Å². The molecule has 0 aliphatic rings. The van der Waals surface area contributed by atoms with Gasteiger partial charge < -0.3 is 4.48 Å². The van der Waals surface area contributed by atoms with Crippen LogP contribution in [0.25, 0.3) is 0 Å². The fourth-order valence-electron chi connectivity index (χ4n) is 4.23. The third-order valence-electron chi connectivity index (χ3n) is 6.06. The lowest BCUT2D eigenvalue weighted by atomic mass is 9.88. The van der Waals surface area contributed by atoms with Crippen molar-refractivity contribution in [2.45, 2.75) is 109 Å². The van der Waals surface area contributed by atoms with E-state index in [2.05, 4.69) is 58.4 Å². The van der Waals surface area contributed by atoms with Crippen LogP contribution in [0.3, 0.4) is 0 Å². The van der Waals surface area contributed by atoms with Crippen LogP contribution in [0.1, 0.15) is 115 Å². The second-order valence-electron chi connectivity index (χ2n) is 9.94. The molecule has 1 heteroatoms. The zero-order valence-electron chi connectivity index (χ0n) is 19.7. The Hall–Kier alpha value is -0.820. The fraction of sp³-hybridized carbons (Fsp3) is 0.778. The second kappa shape index (κ2) is 16.0. The predicted molar refractivity (Wildman–Crippen MR) is 127 cm³/mol. The number of unbranched alkanes of at least 4 members (excludes halogenated alkanes) is 11. The molecule has 0 aliphatic heterocycles. The van der Waals surface area contributed by atoms with Crippen LogP contribution in [0.15, 0.2) is 30.3 Å². The number of rotatable bonds is 18. The number of hydrogen-bond acceptors (Lipinski definition) is 0. The Morgan fingerprint density at radius 1 is 0.607 bits per heavy atom. The van der Waals surface area contributed by atoms with Crippen molar-refractivity contribution in [2.75, 3.05) is 27.7 Å². The molecule has 1 aromatic rings. The lowest BCUT2D eigenvalue weighted by Gasteiger charge is -2.23. The molecule has 0 aliphatic carbocycles. The molecule has 0 saturated carbocycles. The molecule has 162 valence electrons. The van der Waals surface area contributed by atoms with E-state index in [-0.39, 0.29) is 0 Å². The number of nitrogens with zero attached hydrogens (tertiary/aromatic N) is 1. The topological polar surface area (TPSA) is 0 Å². The minimum Gasteiger partial charge on any atom is -0.331 e. The third-order valence-corrected chi connectivity index (χ3v) is 6.06. The maximum absolute atomic E-state index is 2.36. The zero-order valence-corrected chi connectivity index (χ0v) is 19.7. The first-order valence-electron chi connectivity index (χ1n) is 12.4. The minimum atomic E-state index is 0.789. The van der Waals surface area contributed by atoms with E-state index in [1.165, 1.54) is 103 Å². The lowest BCUT2D eigenvalue weighted by molar-refractivity contribution is -0.870. The summed E-state index contributed by atoms with van der Waals surface area (Å²) in [5.74, 6) is 0.789. The van der Waals surface area contributed by atoms with E-state index in [9.17, 15) is 0 Å². The highest BCUT2D eigenvalue weighted by Gasteiger charge is 2.11. The first-order valence-corrected chi connectivity index (χ1v) is 12.4. The van der Waals surface area contributed by atoms with Crippen molar-refractivity contribution in [2.24, 2.45) is 0 Å². The highest BCUT2D eigenvalue weighted by atomic mass is 15.3. The summed E-state index contributed by atoms with van der Waals surface area (Å²) in [6.07, 6.45) is 21.2. The van der Waals surface area contributed by atoms with Gasteiger partial charge in [-0.25, -0.2) is 0 Å². The summed E-state index contributed by atoms with van der Waals surface area (Å²) in [5, 5.41) is 0. The van der Waals surface area contributed by atoms with Crippen LogP contribution in [0.5, 0.6) is 0 Å². The fourth-order valence-corrected chi connectivity index (χ4v) is 4.23.